The fourth-order valence-electron chi connectivity index (χ4n) is 3.64. The summed E-state index contributed by atoms with van der Waals surface area (Å²) >= 11 is 0. The molecule has 0 amide bonds. The zero-order valence-electron chi connectivity index (χ0n) is 14.0. The molecule has 126 valence electrons. The van der Waals surface area contributed by atoms with Crippen molar-refractivity contribution in [2.24, 2.45) is 0 Å². The molecule has 1 aliphatic heterocycles. The minimum Gasteiger partial charge on any atom is -0.426 e. The fourth-order valence-corrected chi connectivity index (χ4v) is 3.64. The van der Waals surface area contributed by atoms with Gasteiger partial charge < -0.3 is 19.3 Å². The molecule has 1 saturated carbocycles. The van der Waals surface area contributed by atoms with Crippen LogP contribution < -0.4 is 4.74 Å². The van der Waals surface area contributed by atoms with Gasteiger partial charge in [0.25, 0.3) is 0 Å². The van der Waals surface area contributed by atoms with Crippen molar-refractivity contribution in [3.8, 4) is 5.75 Å². The normalized spacial score (nSPS) is 22.3. The first-order valence-electron chi connectivity index (χ1n) is 8.14. The number of esters is 1. The largest absolute Gasteiger partial charge is 0.426 e. The molecule has 5 heteroatoms. The van der Waals surface area contributed by atoms with Gasteiger partial charge in [0.15, 0.2) is 5.79 Å². The molecular weight excluding hydrogens is 296 g/mol. The molecule has 1 aliphatic carbocycles. The Morgan fingerprint density at radius 3 is 2.09 bits per heavy atom. The molecule has 0 radical (unpaired) electrons. The number of hydrogen-bond donors (Lipinski definition) is 1. The molecule has 1 spiro atoms. The summed E-state index contributed by atoms with van der Waals surface area (Å²) in [5, 5.41) is 11.1. The van der Waals surface area contributed by atoms with Gasteiger partial charge in [0, 0.05) is 19.8 Å². The van der Waals surface area contributed by atoms with Crippen LogP contribution in [0.1, 0.15) is 49.3 Å². The molecule has 1 heterocycles. The van der Waals surface area contributed by atoms with Crippen molar-refractivity contribution in [3.63, 3.8) is 0 Å². The number of carbonyl (C=O) groups is 1. The van der Waals surface area contributed by atoms with Crippen LogP contribution in [0.15, 0.2) is 12.1 Å². The van der Waals surface area contributed by atoms with Gasteiger partial charge in [0.2, 0.25) is 0 Å². The summed E-state index contributed by atoms with van der Waals surface area (Å²) < 4.78 is 16.7. The van der Waals surface area contributed by atoms with E-state index < -0.39 is 11.4 Å². The number of ether oxygens (including phenoxy) is 3. The standard InChI is InChI=1S/C18H24O5/c1-12-10-15(11-13(2)16(12)23-14(3)19)17(20)4-6-18(7-5-17)21-8-9-22-18/h10-11,20H,4-9H2,1-3H3. The van der Waals surface area contributed by atoms with Crippen molar-refractivity contribution >= 4 is 5.97 Å². The molecular formula is C18H24O5. The van der Waals surface area contributed by atoms with Gasteiger partial charge in [-0.2, -0.15) is 0 Å². The molecule has 5 nitrogen and oxygen atoms in total. The molecule has 0 unspecified atom stereocenters. The summed E-state index contributed by atoms with van der Waals surface area (Å²) in [5.41, 5.74) is 1.70. The Morgan fingerprint density at radius 2 is 1.61 bits per heavy atom. The van der Waals surface area contributed by atoms with Crippen LogP contribution >= 0.6 is 0 Å². The maximum atomic E-state index is 11.2. The van der Waals surface area contributed by atoms with Crippen molar-refractivity contribution in [3.05, 3.63) is 28.8 Å². The summed E-state index contributed by atoms with van der Waals surface area (Å²) in [6.07, 6.45) is 2.57. The Morgan fingerprint density at radius 1 is 1.09 bits per heavy atom. The summed E-state index contributed by atoms with van der Waals surface area (Å²) in [7, 11) is 0. The van der Waals surface area contributed by atoms with Gasteiger partial charge >= 0.3 is 5.97 Å². The fraction of sp³-hybridized carbons (Fsp3) is 0.611. The highest BCUT2D eigenvalue weighted by molar-refractivity contribution is 5.70. The summed E-state index contributed by atoms with van der Waals surface area (Å²) in [5.74, 6) is -0.244. The lowest BCUT2D eigenvalue weighted by Gasteiger charge is -2.41. The molecule has 0 aromatic heterocycles. The molecule has 0 atom stereocenters. The van der Waals surface area contributed by atoms with Gasteiger partial charge in [0.05, 0.1) is 18.8 Å². The van der Waals surface area contributed by atoms with E-state index in [1.54, 1.807) is 0 Å². The Kier molecular flexibility index (Phi) is 4.21. The molecule has 1 saturated heterocycles. The minimum atomic E-state index is -0.884. The number of carbonyl (C=O) groups excluding carboxylic acids is 1. The van der Waals surface area contributed by atoms with Gasteiger partial charge in [-0.3, -0.25) is 4.79 Å². The Hall–Kier alpha value is -1.43. The Labute approximate surface area is 136 Å². The van der Waals surface area contributed by atoms with E-state index in [0.717, 1.165) is 16.7 Å². The topological polar surface area (TPSA) is 65.0 Å². The van der Waals surface area contributed by atoms with Crippen LogP contribution in [0.25, 0.3) is 0 Å². The molecule has 2 fully saturated rings. The zero-order valence-corrected chi connectivity index (χ0v) is 14.0. The van der Waals surface area contributed by atoms with Crippen LogP contribution in [0.2, 0.25) is 0 Å². The summed E-state index contributed by atoms with van der Waals surface area (Å²) in [6.45, 7) is 6.45. The van der Waals surface area contributed by atoms with Gasteiger partial charge in [-0.05, 0) is 55.5 Å². The van der Waals surface area contributed by atoms with E-state index in [2.05, 4.69) is 0 Å². The van der Waals surface area contributed by atoms with E-state index in [-0.39, 0.29) is 5.97 Å². The highest BCUT2D eigenvalue weighted by atomic mass is 16.7. The summed E-state index contributed by atoms with van der Waals surface area (Å²) in [6, 6.07) is 3.83. The lowest BCUT2D eigenvalue weighted by Crippen LogP contribution is -2.42. The predicted molar refractivity (Wildman–Crippen MR) is 84.2 cm³/mol. The van der Waals surface area contributed by atoms with Crippen molar-refractivity contribution in [2.45, 2.75) is 57.8 Å². The van der Waals surface area contributed by atoms with Crippen LogP contribution in [0.3, 0.4) is 0 Å². The molecule has 3 rings (SSSR count). The van der Waals surface area contributed by atoms with Crippen LogP contribution in [-0.2, 0) is 19.9 Å². The second kappa shape index (κ2) is 5.89. The van der Waals surface area contributed by atoms with Gasteiger partial charge in [-0.1, -0.05) is 0 Å². The first-order chi connectivity index (χ1) is 10.8. The van der Waals surface area contributed by atoms with Crippen LogP contribution in [0.5, 0.6) is 5.75 Å². The van der Waals surface area contributed by atoms with Crippen molar-refractivity contribution in [1.82, 2.24) is 0 Å². The first-order valence-corrected chi connectivity index (χ1v) is 8.14. The monoisotopic (exact) mass is 320 g/mol. The van der Waals surface area contributed by atoms with E-state index in [1.165, 1.54) is 6.92 Å². The zero-order chi connectivity index (χ0) is 16.7. The third-order valence-electron chi connectivity index (χ3n) is 4.90. The highest BCUT2D eigenvalue weighted by Gasteiger charge is 2.46. The van der Waals surface area contributed by atoms with E-state index >= 15 is 0 Å². The molecule has 0 bridgehead atoms. The van der Waals surface area contributed by atoms with Crippen molar-refractivity contribution < 1.29 is 24.1 Å². The SMILES string of the molecule is CC(=O)Oc1c(C)cc(C2(O)CCC3(CC2)OCCO3)cc1C. The van der Waals surface area contributed by atoms with E-state index in [0.29, 0.717) is 44.6 Å². The smallest absolute Gasteiger partial charge is 0.308 e. The highest BCUT2D eigenvalue weighted by Crippen LogP contribution is 2.45. The van der Waals surface area contributed by atoms with Gasteiger partial charge in [0.1, 0.15) is 5.75 Å². The second-order valence-electron chi connectivity index (χ2n) is 6.67. The number of aryl methyl sites for hydroxylation is 2. The van der Waals surface area contributed by atoms with Gasteiger partial charge in [-0.15, -0.1) is 0 Å². The number of aliphatic hydroxyl groups is 1. The lowest BCUT2D eigenvalue weighted by molar-refractivity contribution is -0.204. The molecule has 2 aliphatic rings. The Balaban J connectivity index is 1.82. The average molecular weight is 320 g/mol. The third-order valence-corrected chi connectivity index (χ3v) is 4.90. The Bertz CT molecular complexity index is 583. The van der Waals surface area contributed by atoms with Gasteiger partial charge in [-0.25, -0.2) is 0 Å². The van der Waals surface area contributed by atoms with Crippen molar-refractivity contribution in [1.29, 1.82) is 0 Å². The van der Waals surface area contributed by atoms with Crippen LogP contribution in [0, 0.1) is 13.8 Å². The van der Waals surface area contributed by atoms with E-state index in [1.807, 2.05) is 26.0 Å². The van der Waals surface area contributed by atoms with Crippen LogP contribution in [-0.4, -0.2) is 30.1 Å². The maximum absolute atomic E-state index is 11.2. The predicted octanol–water partition coefficient (Wildman–Crippen LogP) is 2.73. The molecule has 1 aromatic rings. The van der Waals surface area contributed by atoms with Crippen LogP contribution in [0.4, 0.5) is 0 Å². The molecule has 23 heavy (non-hydrogen) atoms. The average Bonchev–Trinajstić information content (AvgIpc) is 2.95. The van der Waals surface area contributed by atoms with Crippen molar-refractivity contribution in [2.75, 3.05) is 13.2 Å². The summed E-state index contributed by atoms with van der Waals surface area (Å²) in [4.78, 5) is 11.2. The van der Waals surface area contributed by atoms with E-state index in [9.17, 15) is 9.90 Å². The second-order valence-corrected chi connectivity index (χ2v) is 6.67. The lowest BCUT2D eigenvalue weighted by atomic mass is 9.76. The number of rotatable bonds is 2. The van der Waals surface area contributed by atoms with E-state index in [4.69, 9.17) is 14.2 Å². The third kappa shape index (κ3) is 3.13. The molecule has 1 aromatic carbocycles. The quantitative estimate of drug-likeness (QED) is 0.670. The molecule has 1 N–H and O–H groups in total. The first kappa shape index (κ1) is 16.4. The number of benzene rings is 1. The maximum Gasteiger partial charge on any atom is 0.308 e. The number of hydrogen-bond acceptors (Lipinski definition) is 5. The minimum absolute atomic E-state index is 0.335.